The van der Waals surface area contributed by atoms with Gasteiger partial charge in [0.1, 0.15) is 11.1 Å². The summed E-state index contributed by atoms with van der Waals surface area (Å²) in [6.07, 6.45) is 0. The molecule has 254 valence electrons. The summed E-state index contributed by atoms with van der Waals surface area (Å²) in [5.74, 6) is 1.38. The van der Waals surface area contributed by atoms with Crippen molar-refractivity contribution in [2.24, 2.45) is 0 Å². The van der Waals surface area contributed by atoms with Crippen molar-refractivity contribution < 1.29 is 4.42 Å². The lowest BCUT2D eigenvalue weighted by Crippen LogP contribution is -2.02. The van der Waals surface area contributed by atoms with E-state index in [1.165, 1.54) is 59.8 Å². The maximum absolute atomic E-state index is 6.76. The molecule has 55 heavy (non-hydrogen) atoms. The third kappa shape index (κ3) is 3.81. The SMILES string of the molecule is c1ccc(-c2ccc(-c3nc(-n4c5ccccc5c5cc6c7c8ccccc8ccc7n7c8ccccc8c(c54)c67)c4oc5ccccc5c4n3)cc2)cc1. The molecule has 13 rings (SSSR count). The molecule has 5 nitrogen and oxygen atoms in total. The van der Waals surface area contributed by atoms with Gasteiger partial charge in [-0.15, -0.1) is 0 Å². The zero-order chi connectivity index (χ0) is 35.8. The van der Waals surface area contributed by atoms with Gasteiger partial charge in [0.25, 0.3) is 0 Å². The largest absolute Gasteiger partial charge is 0.450 e. The van der Waals surface area contributed by atoms with Crippen LogP contribution in [0.5, 0.6) is 0 Å². The summed E-state index contributed by atoms with van der Waals surface area (Å²) in [5, 5.41) is 10.8. The monoisotopic (exact) mass is 700 g/mol. The molecule has 0 saturated heterocycles. The van der Waals surface area contributed by atoms with Crippen molar-refractivity contribution in [3.05, 3.63) is 170 Å². The number of benzene rings is 8. The van der Waals surface area contributed by atoms with E-state index < -0.39 is 0 Å². The molecule has 0 bridgehead atoms. The average Bonchev–Trinajstić information content (AvgIpc) is 3.99. The molecular weight excluding hydrogens is 673 g/mol. The van der Waals surface area contributed by atoms with E-state index in [1.807, 2.05) is 24.3 Å². The number of fused-ring (bicyclic) bond motifs is 15. The van der Waals surface area contributed by atoms with Crippen LogP contribution in [0.25, 0.3) is 121 Å². The number of hydrogen-bond acceptors (Lipinski definition) is 3. The van der Waals surface area contributed by atoms with Crippen LogP contribution in [-0.2, 0) is 0 Å². The first-order chi connectivity index (χ1) is 27.3. The van der Waals surface area contributed by atoms with Crippen molar-refractivity contribution >= 4 is 92.7 Å². The molecule has 5 aromatic heterocycles. The van der Waals surface area contributed by atoms with Gasteiger partial charge in [-0.3, -0.25) is 4.57 Å². The highest BCUT2D eigenvalue weighted by molar-refractivity contribution is 6.36. The van der Waals surface area contributed by atoms with Gasteiger partial charge in [0.05, 0.1) is 27.6 Å². The summed E-state index contributed by atoms with van der Waals surface area (Å²) in [5.41, 5.74) is 11.3. The van der Waals surface area contributed by atoms with Crippen LogP contribution in [0.1, 0.15) is 0 Å². The van der Waals surface area contributed by atoms with E-state index in [-0.39, 0.29) is 0 Å². The van der Waals surface area contributed by atoms with Crippen LogP contribution in [0.15, 0.2) is 174 Å². The van der Waals surface area contributed by atoms with Crippen molar-refractivity contribution in [2.45, 2.75) is 0 Å². The minimum Gasteiger partial charge on any atom is -0.450 e. The zero-order valence-electron chi connectivity index (χ0n) is 29.4. The molecule has 5 heterocycles. The quantitative estimate of drug-likeness (QED) is 0.184. The molecule has 0 aliphatic heterocycles. The lowest BCUT2D eigenvalue weighted by Gasteiger charge is -2.11. The molecule has 5 heteroatoms. The highest BCUT2D eigenvalue weighted by Crippen LogP contribution is 2.48. The molecule has 0 atom stereocenters. The molecule has 0 unspecified atom stereocenters. The Morgan fingerprint density at radius 2 is 1.09 bits per heavy atom. The van der Waals surface area contributed by atoms with Crippen molar-refractivity contribution in [3.8, 4) is 28.3 Å². The highest BCUT2D eigenvalue weighted by atomic mass is 16.3. The minimum absolute atomic E-state index is 0.651. The van der Waals surface area contributed by atoms with Gasteiger partial charge >= 0.3 is 0 Å². The number of nitrogens with zero attached hydrogens (tertiary/aromatic N) is 4. The van der Waals surface area contributed by atoms with E-state index in [4.69, 9.17) is 14.4 Å². The summed E-state index contributed by atoms with van der Waals surface area (Å²) < 4.78 is 11.6. The van der Waals surface area contributed by atoms with Gasteiger partial charge < -0.3 is 8.82 Å². The zero-order valence-corrected chi connectivity index (χ0v) is 29.4. The van der Waals surface area contributed by atoms with Gasteiger partial charge in [0, 0.05) is 43.3 Å². The summed E-state index contributed by atoms with van der Waals surface area (Å²) >= 11 is 0. The lowest BCUT2D eigenvalue weighted by atomic mass is 10.00. The van der Waals surface area contributed by atoms with Crippen LogP contribution in [0, 0.1) is 0 Å². The number of hydrogen-bond donors (Lipinski definition) is 0. The topological polar surface area (TPSA) is 48.3 Å². The molecule has 0 aliphatic rings. The maximum Gasteiger partial charge on any atom is 0.197 e. The van der Waals surface area contributed by atoms with Gasteiger partial charge in [0.15, 0.2) is 17.2 Å². The molecule has 0 radical (unpaired) electrons. The van der Waals surface area contributed by atoms with Crippen LogP contribution < -0.4 is 0 Å². The smallest absolute Gasteiger partial charge is 0.197 e. The van der Waals surface area contributed by atoms with Gasteiger partial charge in [-0.2, -0.15) is 0 Å². The second-order valence-electron chi connectivity index (χ2n) is 14.5. The van der Waals surface area contributed by atoms with Crippen LogP contribution in [0.2, 0.25) is 0 Å². The molecule has 8 aromatic carbocycles. The Morgan fingerprint density at radius 1 is 0.418 bits per heavy atom. The van der Waals surface area contributed by atoms with Gasteiger partial charge in [0.2, 0.25) is 0 Å². The third-order valence-electron chi connectivity index (χ3n) is 11.7. The normalized spacial score (nSPS) is 12.4. The Bertz CT molecular complexity index is 3700. The standard InChI is InChI=1S/C50H28N4O/c1-2-12-29(13-3-1)30-22-24-32(25-23-30)49-51-45-36-18-8-11-21-42(36)55-48(45)50(52-49)54-39-19-9-6-16-34(39)37-28-38-43-33-15-5-4-14-31(33)26-27-41(43)53-40-20-10-7-17-35(40)44(46(37)54)47(38)53/h1-28H. The Kier molecular flexibility index (Phi) is 5.57. The van der Waals surface area contributed by atoms with E-state index in [1.54, 1.807) is 0 Å². The summed E-state index contributed by atoms with van der Waals surface area (Å²) in [6, 6.07) is 60.4. The fourth-order valence-electron chi connectivity index (χ4n) is 9.29. The van der Waals surface area contributed by atoms with Gasteiger partial charge in [-0.1, -0.05) is 133 Å². The highest BCUT2D eigenvalue weighted by Gasteiger charge is 2.27. The van der Waals surface area contributed by atoms with E-state index in [0.29, 0.717) is 11.4 Å². The van der Waals surface area contributed by atoms with E-state index in [2.05, 4.69) is 155 Å². The Hall–Kier alpha value is -7.50. The maximum atomic E-state index is 6.76. The fourth-order valence-corrected chi connectivity index (χ4v) is 9.29. The number of rotatable bonds is 3. The Balaban J connectivity index is 1.21. The number of aromatic nitrogens is 4. The average molecular weight is 701 g/mol. The number of furan rings is 1. The Labute approximate surface area is 313 Å². The molecule has 0 spiro atoms. The van der Waals surface area contributed by atoms with Crippen LogP contribution >= 0.6 is 0 Å². The predicted octanol–water partition coefficient (Wildman–Crippen LogP) is 13.1. The first kappa shape index (κ1) is 29.0. The van der Waals surface area contributed by atoms with E-state index >= 15 is 0 Å². The van der Waals surface area contributed by atoms with Crippen molar-refractivity contribution in [2.75, 3.05) is 0 Å². The van der Waals surface area contributed by atoms with Crippen LogP contribution in [0.3, 0.4) is 0 Å². The second-order valence-corrected chi connectivity index (χ2v) is 14.5. The molecule has 13 aromatic rings. The van der Waals surface area contributed by atoms with Crippen molar-refractivity contribution in [1.82, 2.24) is 18.9 Å². The molecule has 0 saturated carbocycles. The molecule has 0 N–H and O–H groups in total. The number of para-hydroxylation sites is 3. The van der Waals surface area contributed by atoms with Crippen molar-refractivity contribution in [3.63, 3.8) is 0 Å². The molecule has 0 amide bonds. The summed E-state index contributed by atoms with van der Waals surface area (Å²) in [6.45, 7) is 0. The first-order valence-corrected chi connectivity index (χ1v) is 18.7. The molecule has 0 aliphatic carbocycles. The third-order valence-corrected chi connectivity index (χ3v) is 11.7. The summed E-state index contributed by atoms with van der Waals surface area (Å²) in [4.78, 5) is 10.7. The van der Waals surface area contributed by atoms with Crippen LogP contribution in [-0.4, -0.2) is 18.9 Å². The molecular formula is C50H28N4O. The fraction of sp³-hybridized carbons (Fsp3) is 0. The minimum atomic E-state index is 0.651. The van der Waals surface area contributed by atoms with E-state index in [0.717, 1.165) is 49.9 Å². The lowest BCUT2D eigenvalue weighted by molar-refractivity contribution is 0.662. The molecule has 0 fully saturated rings. The van der Waals surface area contributed by atoms with Gasteiger partial charge in [-0.25, -0.2) is 9.97 Å². The summed E-state index contributed by atoms with van der Waals surface area (Å²) in [7, 11) is 0. The van der Waals surface area contributed by atoms with Crippen LogP contribution in [0.4, 0.5) is 0 Å². The van der Waals surface area contributed by atoms with E-state index in [9.17, 15) is 0 Å². The van der Waals surface area contributed by atoms with Crippen molar-refractivity contribution in [1.29, 1.82) is 0 Å². The Morgan fingerprint density at radius 3 is 1.95 bits per heavy atom. The van der Waals surface area contributed by atoms with Gasteiger partial charge in [-0.05, 0) is 58.3 Å². The first-order valence-electron chi connectivity index (χ1n) is 18.7. The predicted molar refractivity (Wildman–Crippen MR) is 227 cm³/mol. The second kappa shape index (κ2) is 10.6.